The summed E-state index contributed by atoms with van der Waals surface area (Å²) < 4.78 is 5.51. The summed E-state index contributed by atoms with van der Waals surface area (Å²) in [5.41, 5.74) is 8.32. The molecule has 6 fully saturated rings. The zero-order chi connectivity index (χ0) is 58.7. The number of nitrogens with zero attached hydrogens (tertiary/aromatic N) is 21. The van der Waals surface area contributed by atoms with Crippen molar-refractivity contribution in [3.05, 3.63) is 138 Å². The van der Waals surface area contributed by atoms with E-state index >= 15 is 0 Å². The first-order valence-corrected chi connectivity index (χ1v) is 30.8. The quantitative estimate of drug-likeness (QED) is 0.111. The number of anilines is 3. The lowest BCUT2D eigenvalue weighted by atomic mass is 9.89. The maximum Gasteiger partial charge on any atom is 0.226 e. The van der Waals surface area contributed by atoms with Crippen molar-refractivity contribution >= 4 is 52.2 Å². The van der Waals surface area contributed by atoms with Crippen LogP contribution in [0.25, 0.3) is 28.3 Å². The Hall–Kier alpha value is -9.53. The van der Waals surface area contributed by atoms with Crippen molar-refractivity contribution in [1.29, 1.82) is 5.26 Å². The van der Waals surface area contributed by atoms with Gasteiger partial charge in [-0.3, -0.25) is 14.4 Å². The van der Waals surface area contributed by atoms with Gasteiger partial charge in [0.05, 0.1) is 30.0 Å². The van der Waals surface area contributed by atoms with Gasteiger partial charge in [0.2, 0.25) is 29.6 Å². The molecule has 0 bridgehead atoms. The number of carbonyl (C=O) groups is 3. The molecular weight excluding hydrogens is 1100 g/mol. The van der Waals surface area contributed by atoms with E-state index in [4.69, 9.17) is 25.1 Å². The van der Waals surface area contributed by atoms with Crippen molar-refractivity contribution in [3.63, 3.8) is 0 Å². The highest BCUT2D eigenvalue weighted by atomic mass is 16.2. The molecule has 15 rings (SSSR count). The summed E-state index contributed by atoms with van der Waals surface area (Å²) in [5, 5.41) is 24.2. The number of pyridine rings is 4. The van der Waals surface area contributed by atoms with E-state index in [1.807, 2.05) is 77.3 Å². The molecule has 442 valence electrons. The molecule has 0 saturated carbocycles. The predicted molar refractivity (Wildman–Crippen MR) is 320 cm³/mol. The Morgan fingerprint density at radius 1 is 0.586 bits per heavy atom. The van der Waals surface area contributed by atoms with E-state index in [0.717, 1.165) is 97.2 Å². The lowest BCUT2D eigenvalue weighted by molar-refractivity contribution is -0.133. The highest BCUT2D eigenvalue weighted by Crippen LogP contribution is 2.40. The van der Waals surface area contributed by atoms with Crippen LogP contribution in [0.4, 0.5) is 17.6 Å². The summed E-state index contributed by atoms with van der Waals surface area (Å²) >= 11 is 0. The average molecular weight is 1170 g/mol. The van der Waals surface area contributed by atoms with Crippen LogP contribution in [0.5, 0.6) is 0 Å². The number of fused-ring (bicyclic) bond motifs is 6. The SMILES string of the molecule is Cc1cnc(N2CCN3C(=O)[C@@H](CCC(c4nc5c(CCC[C@H]6C[C@H]7CN(c8ncccn8)CCN7C6=O)c(-c6nc7c(CCC[C@H]8C[C@H]9CN(c%10ccc(C#N)nc%10)CCN9C8=O)cccn7n6)ccn5n4)c4cccn5ncnc45)C[C@H]3C2)nc1. The Kier molecular flexibility index (Phi) is 14.1. The molecule has 7 atom stereocenters. The van der Waals surface area contributed by atoms with Crippen LogP contribution in [0, 0.1) is 36.0 Å². The van der Waals surface area contributed by atoms with Gasteiger partial charge in [-0.2, -0.15) is 15.5 Å². The van der Waals surface area contributed by atoms with Gasteiger partial charge in [-0.05, 0) is 125 Å². The zero-order valence-electron chi connectivity index (χ0n) is 48.6. The van der Waals surface area contributed by atoms with Gasteiger partial charge in [0, 0.05) is 143 Å². The van der Waals surface area contributed by atoms with E-state index in [-0.39, 0.29) is 59.5 Å². The molecule has 1 unspecified atom stereocenters. The fourth-order valence-corrected chi connectivity index (χ4v) is 14.9. The molecular formula is C63H67N21O3. The van der Waals surface area contributed by atoms with Crippen LogP contribution in [0.2, 0.25) is 0 Å². The predicted octanol–water partition coefficient (Wildman–Crippen LogP) is 5.41. The maximum absolute atomic E-state index is 14.3. The van der Waals surface area contributed by atoms with E-state index in [1.54, 1.807) is 35.5 Å². The van der Waals surface area contributed by atoms with E-state index in [1.165, 1.54) is 0 Å². The fourth-order valence-electron chi connectivity index (χ4n) is 14.9. The van der Waals surface area contributed by atoms with Crippen molar-refractivity contribution in [2.45, 2.75) is 102 Å². The lowest BCUT2D eigenvalue weighted by Crippen LogP contribution is -2.52. The molecule has 0 aromatic carbocycles. The number of amides is 3. The third kappa shape index (κ3) is 10.2. The van der Waals surface area contributed by atoms with Gasteiger partial charge in [-0.1, -0.05) is 12.1 Å². The Labute approximate surface area is 501 Å². The minimum Gasteiger partial charge on any atom is -0.366 e. The number of carbonyl (C=O) groups excluding carboxylic acids is 3. The zero-order valence-corrected chi connectivity index (χ0v) is 48.6. The Bertz CT molecular complexity index is 4090. The van der Waals surface area contributed by atoms with E-state index < -0.39 is 0 Å². The summed E-state index contributed by atoms with van der Waals surface area (Å²) in [6, 6.07) is 18.1. The Balaban J connectivity index is 0.703. The Morgan fingerprint density at radius 3 is 1.91 bits per heavy atom. The average Bonchev–Trinajstić information content (AvgIpc) is 3.15. The molecule has 15 heterocycles. The van der Waals surface area contributed by atoms with Crippen molar-refractivity contribution in [2.75, 3.05) is 73.6 Å². The fraction of sp³-hybridized carbons (Fsp3) is 0.444. The molecule has 24 heteroatoms. The van der Waals surface area contributed by atoms with Gasteiger partial charge in [0.25, 0.3) is 0 Å². The molecule has 9 aromatic rings. The minimum atomic E-state index is -0.330. The van der Waals surface area contributed by atoms with Gasteiger partial charge in [-0.25, -0.2) is 53.4 Å². The first-order valence-electron chi connectivity index (χ1n) is 30.8. The molecule has 3 amide bonds. The number of aromatic nitrogens is 14. The van der Waals surface area contributed by atoms with Crippen LogP contribution in [-0.4, -0.2) is 178 Å². The van der Waals surface area contributed by atoms with Crippen LogP contribution >= 0.6 is 0 Å². The molecule has 0 spiro atoms. The molecule has 9 aromatic heterocycles. The molecule has 6 aliphatic heterocycles. The largest absolute Gasteiger partial charge is 0.366 e. The smallest absolute Gasteiger partial charge is 0.226 e. The normalized spacial score (nSPS) is 22.5. The van der Waals surface area contributed by atoms with Gasteiger partial charge in [0.15, 0.2) is 28.6 Å². The number of piperazine rings is 3. The van der Waals surface area contributed by atoms with Crippen molar-refractivity contribution in [3.8, 4) is 17.5 Å². The number of hydrogen-bond acceptors (Lipinski definition) is 18. The molecule has 0 radical (unpaired) electrons. The van der Waals surface area contributed by atoms with Gasteiger partial charge >= 0.3 is 0 Å². The number of rotatable bonds is 17. The van der Waals surface area contributed by atoms with E-state index in [0.29, 0.717) is 112 Å². The third-order valence-electron chi connectivity index (χ3n) is 19.2. The van der Waals surface area contributed by atoms with Crippen molar-refractivity contribution in [2.24, 2.45) is 17.8 Å². The Morgan fingerprint density at radius 2 is 1.22 bits per heavy atom. The second-order valence-corrected chi connectivity index (χ2v) is 24.4. The molecule has 24 nitrogen and oxygen atoms in total. The van der Waals surface area contributed by atoms with Crippen LogP contribution in [0.1, 0.15) is 97.5 Å². The maximum atomic E-state index is 14.3. The summed E-state index contributed by atoms with van der Waals surface area (Å²) in [7, 11) is 0. The summed E-state index contributed by atoms with van der Waals surface area (Å²) in [4.78, 5) is 93.1. The highest BCUT2D eigenvalue weighted by Gasteiger charge is 2.45. The standard InChI is InChI=1S/C63H67N21O3/c1-40-33-68-63(69-34-40)78-25-28-81-49(38-78)31-44(61(81)87)13-16-50(52-12-5-20-82-57(52)70-39-71-82)54-73-58-53(11-3-9-43-30-48-37-77(24-27-80(48)60(43)86)62-65-18-6-19-66-62)51(17-22-84(58)75-54)55-72-56-41(10-4-21-83(56)74-55)7-2-8-42-29-47-36-76(23-26-79(47)59(42)85)46-15-14-45(32-64)67-35-46/h4-6,10,12,14-15,17-22,33-35,39,42-44,47-50H,2-3,7-9,11,13,16,23-31,36-38H2,1H3/t42-,43-,44-,47-,48-,49-,50?/m0/s1. The van der Waals surface area contributed by atoms with Crippen molar-refractivity contribution < 1.29 is 14.4 Å². The van der Waals surface area contributed by atoms with Crippen LogP contribution < -0.4 is 14.7 Å². The van der Waals surface area contributed by atoms with Gasteiger partial charge in [0.1, 0.15) is 18.1 Å². The number of hydrogen-bond donors (Lipinski definition) is 0. The monoisotopic (exact) mass is 1170 g/mol. The molecule has 0 N–H and O–H groups in total. The lowest BCUT2D eigenvalue weighted by Gasteiger charge is -2.38. The summed E-state index contributed by atoms with van der Waals surface area (Å²) in [6.07, 6.45) is 24.2. The topological polar surface area (TPSA) is 249 Å². The first kappa shape index (κ1) is 54.1. The summed E-state index contributed by atoms with van der Waals surface area (Å²) in [5.74, 6) is 2.55. The molecule has 0 aliphatic carbocycles. The summed E-state index contributed by atoms with van der Waals surface area (Å²) in [6.45, 7) is 8.17. The molecule has 6 aliphatic rings. The second-order valence-electron chi connectivity index (χ2n) is 24.4. The second kappa shape index (κ2) is 22.7. The highest BCUT2D eigenvalue weighted by molar-refractivity contribution is 5.83. The molecule has 6 saturated heterocycles. The van der Waals surface area contributed by atoms with Crippen LogP contribution in [-0.2, 0) is 27.2 Å². The third-order valence-corrected chi connectivity index (χ3v) is 19.2. The van der Waals surface area contributed by atoms with Gasteiger partial charge < -0.3 is 29.4 Å². The molecule has 87 heavy (non-hydrogen) atoms. The number of aryl methyl sites for hydroxylation is 3. The van der Waals surface area contributed by atoms with Crippen LogP contribution in [0.15, 0.2) is 104 Å². The van der Waals surface area contributed by atoms with E-state index in [2.05, 4.69) is 77.6 Å². The number of nitriles is 1. The van der Waals surface area contributed by atoms with Crippen LogP contribution in [0.3, 0.4) is 0 Å². The van der Waals surface area contributed by atoms with Crippen molar-refractivity contribution in [1.82, 2.24) is 83.4 Å². The van der Waals surface area contributed by atoms with Gasteiger partial charge in [-0.15, -0.1) is 5.10 Å². The minimum absolute atomic E-state index is 0.0488. The first-order chi connectivity index (χ1) is 42.7. The van der Waals surface area contributed by atoms with E-state index in [9.17, 15) is 19.6 Å².